The summed E-state index contributed by atoms with van der Waals surface area (Å²) in [4.78, 5) is 38.2. The van der Waals surface area contributed by atoms with E-state index in [1.807, 2.05) is 0 Å². The van der Waals surface area contributed by atoms with Gasteiger partial charge in [0.25, 0.3) is 0 Å². The molecule has 406 valence electrons. The SMILES string of the molecule is CCCCC/C=C\C/C=C\C/C=C\C/C=C\CCCCCC(=O)O[C@@H](COC(=O)CCCCCCCCCCCCCC)COC(=O)CCCCCCCCCCCCC/C=C\CCCCCCCC. The molecule has 0 bridgehead atoms. The number of rotatable bonds is 55. The van der Waals surface area contributed by atoms with Crippen LogP contribution >= 0.6 is 0 Å². The molecule has 70 heavy (non-hydrogen) atoms. The molecule has 0 aliphatic rings. The van der Waals surface area contributed by atoms with Gasteiger partial charge < -0.3 is 14.2 Å². The molecule has 0 aromatic rings. The summed E-state index contributed by atoms with van der Waals surface area (Å²) in [6.07, 6.45) is 73.6. The average Bonchev–Trinajstić information content (AvgIpc) is 3.36. The second kappa shape index (κ2) is 58.7. The van der Waals surface area contributed by atoms with E-state index in [0.717, 1.165) is 83.5 Å². The van der Waals surface area contributed by atoms with Gasteiger partial charge in [-0.2, -0.15) is 0 Å². The van der Waals surface area contributed by atoms with Crippen LogP contribution in [-0.2, 0) is 28.6 Å². The van der Waals surface area contributed by atoms with Crippen LogP contribution < -0.4 is 0 Å². The van der Waals surface area contributed by atoms with Gasteiger partial charge in [-0.1, -0.05) is 261 Å². The van der Waals surface area contributed by atoms with E-state index in [1.54, 1.807) is 0 Å². The van der Waals surface area contributed by atoms with Crippen molar-refractivity contribution in [2.45, 2.75) is 316 Å². The number of allylic oxidation sites excluding steroid dienone is 10. The van der Waals surface area contributed by atoms with Crippen LogP contribution in [0.15, 0.2) is 60.8 Å². The van der Waals surface area contributed by atoms with Crippen molar-refractivity contribution in [3.63, 3.8) is 0 Å². The minimum atomic E-state index is -0.789. The minimum Gasteiger partial charge on any atom is -0.462 e. The number of hydrogen-bond donors (Lipinski definition) is 0. The molecule has 0 aromatic heterocycles. The molecule has 0 radical (unpaired) electrons. The third-order valence-electron chi connectivity index (χ3n) is 13.2. The second-order valence-corrected chi connectivity index (χ2v) is 20.3. The predicted molar refractivity (Wildman–Crippen MR) is 302 cm³/mol. The van der Waals surface area contributed by atoms with E-state index in [9.17, 15) is 14.4 Å². The van der Waals surface area contributed by atoms with Gasteiger partial charge >= 0.3 is 17.9 Å². The van der Waals surface area contributed by atoms with Crippen molar-refractivity contribution < 1.29 is 28.6 Å². The van der Waals surface area contributed by atoms with Gasteiger partial charge in [0, 0.05) is 19.3 Å². The molecule has 0 unspecified atom stereocenters. The Morgan fingerprint density at radius 1 is 0.286 bits per heavy atom. The maximum absolute atomic E-state index is 12.9. The zero-order valence-electron chi connectivity index (χ0n) is 46.5. The molecule has 0 rings (SSSR count). The monoisotopic (exact) mass is 979 g/mol. The van der Waals surface area contributed by atoms with E-state index in [1.165, 1.54) is 186 Å². The summed E-state index contributed by atoms with van der Waals surface area (Å²) in [6, 6.07) is 0. The summed E-state index contributed by atoms with van der Waals surface area (Å²) in [7, 11) is 0. The van der Waals surface area contributed by atoms with E-state index in [0.29, 0.717) is 19.3 Å². The summed E-state index contributed by atoms with van der Waals surface area (Å²) in [6.45, 7) is 6.61. The first-order valence-electron chi connectivity index (χ1n) is 30.3. The number of carbonyl (C=O) groups excluding carboxylic acids is 3. The molecule has 0 aliphatic heterocycles. The van der Waals surface area contributed by atoms with Crippen molar-refractivity contribution in [3.8, 4) is 0 Å². The van der Waals surface area contributed by atoms with Gasteiger partial charge in [-0.3, -0.25) is 14.4 Å². The van der Waals surface area contributed by atoms with Gasteiger partial charge in [0.15, 0.2) is 6.10 Å². The first kappa shape index (κ1) is 67.1. The van der Waals surface area contributed by atoms with Gasteiger partial charge in [-0.05, 0) is 89.9 Å². The molecule has 0 spiro atoms. The van der Waals surface area contributed by atoms with Crippen molar-refractivity contribution in [1.29, 1.82) is 0 Å². The van der Waals surface area contributed by atoms with E-state index in [2.05, 4.69) is 81.5 Å². The largest absolute Gasteiger partial charge is 0.462 e. The van der Waals surface area contributed by atoms with Crippen molar-refractivity contribution in [3.05, 3.63) is 60.8 Å². The van der Waals surface area contributed by atoms with Crippen LogP contribution in [0.1, 0.15) is 310 Å². The molecule has 6 heteroatoms. The van der Waals surface area contributed by atoms with Crippen molar-refractivity contribution in [2.24, 2.45) is 0 Å². The fourth-order valence-electron chi connectivity index (χ4n) is 8.66. The van der Waals surface area contributed by atoms with Crippen LogP contribution in [0.3, 0.4) is 0 Å². The van der Waals surface area contributed by atoms with Gasteiger partial charge in [-0.25, -0.2) is 0 Å². The molecular weight excluding hydrogens is 865 g/mol. The topological polar surface area (TPSA) is 78.9 Å². The lowest BCUT2D eigenvalue weighted by Gasteiger charge is -2.18. The standard InChI is InChI=1S/C64H114O6/c1-4-7-10-13-16-19-22-25-27-29-31-32-34-35-37-39-42-45-48-51-54-57-63(66)69-60-61(59-68-62(65)56-53-50-47-44-41-24-21-18-15-12-9-6-3)70-64(67)58-55-52-49-46-43-40-38-36-33-30-28-26-23-20-17-14-11-8-5-2/h17,20,25-28,33,36,40,43,61H,4-16,18-19,21-24,29-32,34-35,37-39,41-42,44-60H2,1-3H3/b20-17-,27-25-,28-26-,36-33-,43-40-/t61-/m0/s1. The molecule has 0 aliphatic carbocycles. The quantitative estimate of drug-likeness (QED) is 0.0261. The molecule has 0 fully saturated rings. The fourth-order valence-corrected chi connectivity index (χ4v) is 8.66. The molecule has 0 saturated heterocycles. The summed E-state index contributed by atoms with van der Waals surface area (Å²) in [5.74, 6) is -0.903. The summed E-state index contributed by atoms with van der Waals surface area (Å²) >= 11 is 0. The molecule has 0 aromatic carbocycles. The highest BCUT2D eigenvalue weighted by Crippen LogP contribution is 2.16. The summed E-state index contributed by atoms with van der Waals surface area (Å²) < 4.78 is 16.9. The molecular formula is C64H114O6. The van der Waals surface area contributed by atoms with Crippen LogP contribution in [0.5, 0.6) is 0 Å². The average molecular weight is 980 g/mol. The van der Waals surface area contributed by atoms with Crippen LogP contribution in [0.2, 0.25) is 0 Å². The van der Waals surface area contributed by atoms with Gasteiger partial charge in [0.05, 0.1) is 0 Å². The lowest BCUT2D eigenvalue weighted by atomic mass is 10.0. The first-order valence-corrected chi connectivity index (χ1v) is 30.3. The van der Waals surface area contributed by atoms with Gasteiger partial charge in [-0.15, -0.1) is 0 Å². The lowest BCUT2D eigenvalue weighted by Crippen LogP contribution is -2.30. The van der Waals surface area contributed by atoms with E-state index < -0.39 is 6.10 Å². The molecule has 1 atom stereocenters. The molecule has 0 amide bonds. The zero-order valence-corrected chi connectivity index (χ0v) is 46.5. The first-order chi connectivity index (χ1) is 34.5. The Hall–Kier alpha value is -2.89. The Balaban J connectivity index is 4.36. The van der Waals surface area contributed by atoms with E-state index in [4.69, 9.17) is 14.2 Å². The zero-order chi connectivity index (χ0) is 50.7. The lowest BCUT2D eigenvalue weighted by molar-refractivity contribution is -0.167. The molecule has 0 heterocycles. The smallest absolute Gasteiger partial charge is 0.306 e. The Kier molecular flexibility index (Phi) is 56.3. The molecule has 0 N–H and O–H groups in total. The number of unbranched alkanes of at least 4 members (excludes halogenated alkanes) is 34. The third kappa shape index (κ3) is 56.0. The van der Waals surface area contributed by atoms with Crippen molar-refractivity contribution >= 4 is 17.9 Å². The highest BCUT2D eigenvalue weighted by molar-refractivity contribution is 5.71. The Morgan fingerprint density at radius 2 is 0.514 bits per heavy atom. The summed E-state index contributed by atoms with van der Waals surface area (Å²) in [5.41, 5.74) is 0. The van der Waals surface area contributed by atoms with Crippen LogP contribution in [0.4, 0.5) is 0 Å². The maximum atomic E-state index is 12.9. The van der Waals surface area contributed by atoms with Crippen molar-refractivity contribution in [2.75, 3.05) is 13.2 Å². The number of esters is 3. The second-order valence-electron chi connectivity index (χ2n) is 20.3. The highest BCUT2D eigenvalue weighted by atomic mass is 16.6. The Bertz CT molecular complexity index is 1260. The van der Waals surface area contributed by atoms with Gasteiger partial charge in [0.1, 0.15) is 13.2 Å². The predicted octanol–water partition coefficient (Wildman–Crippen LogP) is 20.4. The highest BCUT2D eigenvalue weighted by Gasteiger charge is 2.19. The van der Waals surface area contributed by atoms with Crippen LogP contribution in [-0.4, -0.2) is 37.2 Å². The number of carbonyl (C=O) groups is 3. The maximum Gasteiger partial charge on any atom is 0.306 e. The Labute approximate surface area is 434 Å². The normalized spacial score (nSPS) is 12.4. The number of hydrogen-bond acceptors (Lipinski definition) is 6. The van der Waals surface area contributed by atoms with E-state index >= 15 is 0 Å². The van der Waals surface area contributed by atoms with Crippen molar-refractivity contribution in [1.82, 2.24) is 0 Å². The molecule has 0 saturated carbocycles. The van der Waals surface area contributed by atoms with Gasteiger partial charge in [0.2, 0.25) is 0 Å². The molecule has 6 nitrogen and oxygen atoms in total. The fraction of sp³-hybridized carbons (Fsp3) is 0.797. The third-order valence-corrected chi connectivity index (χ3v) is 13.2. The van der Waals surface area contributed by atoms with Crippen LogP contribution in [0, 0.1) is 0 Å². The van der Waals surface area contributed by atoms with Crippen LogP contribution in [0.25, 0.3) is 0 Å². The summed E-state index contributed by atoms with van der Waals surface area (Å²) in [5, 5.41) is 0. The minimum absolute atomic E-state index is 0.0844. The number of ether oxygens (including phenoxy) is 3. The van der Waals surface area contributed by atoms with E-state index in [-0.39, 0.29) is 31.1 Å². The Morgan fingerprint density at radius 3 is 0.857 bits per heavy atom.